The van der Waals surface area contributed by atoms with Crippen LogP contribution in [0.15, 0.2) is 9.52 Å². The van der Waals surface area contributed by atoms with E-state index >= 15 is 0 Å². The van der Waals surface area contributed by atoms with E-state index in [0.717, 1.165) is 13.1 Å². The standard InChI is InChI=1S/C11H19N5O/c1-9-14-10(17-15-9)5-6-13-11(12)16-7-3-2-4-8-16/h2-8H2,1H3,(H2,12,13). The minimum Gasteiger partial charge on any atom is -0.370 e. The molecule has 2 heterocycles. The van der Waals surface area contributed by atoms with Gasteiger partial charge in [-0.3, -0.25) is 4.99 Å². The first-order chi connectivity index (χ1) is 8.25. The fraction of sp³-hybridized carbons (Fsp3) is 0.727. The Hall–Kier alpha value is -1.59. The Labute approximate surface area is 101 Å². The van der Waals surface area contributed by atoms with E-state index in [9.17, 15) is 0 Å². The molecule has 17 heavy (non-hydrogen) atoms. The van der Waals surface area contributed by atoms with E-state index < -0.39 is 0 Å². The van der Waals surface area contributed by atoms with Crippen molar-refractivity contribution in [2.24, 2.45) is 10.7 Å². The third-order valence-electron chi connectivity index (χ3n) is 2.85. The highest BCUT2D eigenvalue weighted by molar-refractivity contribution is 5.78. The molecule has 0 amide bonds. The molecule has 2 N–H and O–H groups in total. The van der Waals surface area contributed by atoms with Crippen molar-refractivity contribution in [3.05, 3.63) is 11.7 Å². The number of piperidine rings is 1. The Morgan fingerprint density at radius 3 is 2.82 bits per heavy atom. The largest absolute Gasteiger partial charge is 0.370 e. The highest BCUT2D eigenvalue weighted by atomic mass is 16.5. The van der Waals surface area contributed by atoms with Crippen LogP contribution < -0.4 is 5.73 Å². The van der Waals surface area contributed by atoms with Crippen molar-refractivity contribution in [1.82, 2.24) is 15.0 Å². The predicted octanol–water partition coefficient (Wildman–Crippen LogP) is 0.721. The normalized spacial score (nSPS) is 17.5. The Balaban J connectivity index is 1.79. The molecule has 0 atom stereocenters. The molecule has 1 aliphatic rings. The average Bonchev–Trinajstić information content (AvgIpc) is 2.76. The first-order valence-corrected chi connectivity index (χ1v) is 6.10. The van der Waals surface area contributed by atoms with Crippen LogP contribution in [0.4, 0.5) is 0 Å². The lowest BCUT2D eigenvalue weighted by Crippen LogP contribution is -2.41. The van der Waals surface area contributed by atoms with E-state index in [4.69, 9.17) is 10.3 Å². The monoisotopic (exact) mass is 237 g/mol. The SMILES string of the molecule is Cc1noc(CCN=C(N)N2CCCCC2)n1. The summed E-state index contributed by atoms with van der Waals surface area (Å²) in [6, 6.07) is 0. The quantitative estimate of drug-likeness (QED) is 0.619. The number of likely N-dealkylation sites (tertiary alicyclic amines) is 1. The molecule has 0 saturated carbocycles. The Bertz CT molecular complexity index is 381. The van der Waals surface area contributed by atoms with Gasteiger partial charge in [0.05, 0.1) is 6.54 Å². The van der Waals surface area contributed by atoms with Crippen molar-refractivity contribution >= 4 is 5.96 Å². The van der Waals surface area contributed by atoms with Crippen molar-refractivity contribution in [2.45, 2.75) is 32.6 Å². The van der Waals surface area contributed by atoms with E-state index in [-0.39, 0.29) is 0 Å². The Kier molecular flexibility index (Phi) is 3.95. The fourth-order valence-electron chi connectivity index (χ4n) is 1.93. The molecule has 6 nitrogen and oxygen atoms in total. The van der Waals surface area contributed by atoms with Gasteiger partial charge in [-0.25, -0.2) is 0 Å². The van der Waals surface area contributed by atoms with Gasteiger partial charge >= 0.3 is 0 Å². The Morgan fingerprint density at radius 1 is 1.41 bits per heavy atom. The minimum atomic E-state index is 0.601. The summed E-state index contributed by atoms with van der Waals surface area (Å²) in [6.45, 7) is 4.45. The number of nitrogens with two attached hydrogens (primary N) is 1. The van der Waals surface area contributed by atoms with Crippen LogP contribution >= 0.6 is 0 Å². The zero-order chi connectivity index (χ0) is 12.1. The molecule has 1 aromatic rings. The molecule has 0 unspecified atom stereocenters. The lowest BCUT2D eigenvalue weighted by Gasteiger charge is -2.27. The van der Waals surface area contributed by atoms with Crippen LogP contribution in [0.2, 0.25) is 0 Å². The fourth-order valence-corrected chi connectivity index (χ4v) is 1.93. The summed E-state index contributed by atoms with van der Waals surface area (Å²) in [5.41, 5.74) is 5.93. The average molecular weight is 237 g/mol. The van der Waals surface area contributed by atoms with Gasteiger partial charge in [0.15, 0.2) is 11.8 Å². The van der Waals surface area contributed by atoms with Gasteiger partial charge in [0, 0.05) is 19.5 Å². The molecule has 0 aromatic carbocycles. The Morgan fingerprint density at radius 2 is 2.18 bits per heavy atom. The number of nitrogens with zero attached hydrogens (tertiary/aromatic N) is 4. The zero-order valence-electron chi connectivity index (χ0n) is 10.2. The van der Waals surface area contributed by atoms with Crippen LogP contribution in [0.3, 0.4) is 0 Å². The third-order valence-corrected chi connectivity index (χ3v) is 2.85. The number of rotatable bonds is 3. The molecule has 2 rings (SSSR count). The molecule has 0 aliphatic carbocycles. The molecule has 1 aromatic heterocycles. The van der Waals surface area contributed by atoms with E-state index in [1.165, 1.54) is 19.3 Å². The molecular formula is C11H19N5O. The third kappa shape index (κ3) is 3.44. The summed E-state index contributed by atoms with van der Waals surface area (Å²) in [5, 5.41) is 3.73. The smallest absolute Gasteiger partial charge is 0.228 e. The highest BCUT2D eigenvalue weighted by Gasteiger charge is 2.11. The number of aromatic nitrogens is 2. The second-order valence-corrected chi connectivity index (χ2v) is 4.27. The van der Waals surface area contributed by atoms with Gasteiger partial charge in [0.25, 0.3) is 0 Å². The maximum atomic E-state index is 5.93. The van der Waals surface area contributed by atoms with Crippen molar-refractivity contribution in [3.8, 4) is 0 Å². The van der Waals surface area contributed by atoms with Crippen LogP contribution in [-0.4, -0.2) is 40.6 Å². The van der Waals surface area contributed by atoms with Gasteiger partial charge < -0.3 is 15.2 Å². The first-order valence-electron chi connectivity index (χ1n) is 6.10. The summed E-state index contributed by atoms with van der Waals surface area (Å²) in [7, 11) is 0. The molecule has 6 heteroatoms. The highest BCUT2D eigenvalue weighted by Crippen LogP contribution is 2.07. The van der Waals surface area contributed by atoms with E-state index in [1.54, 1.807) is 6.92 Å². The molecule has 0 spiro atoms. The number of guanidine groups is 1. The van der Waals surface area contributed by atoms with Gasteiger partial charge in [-0.15, -0.1) is 0 Å². The number of aryl methyl sites for hydroxylation is 1. The second kappa shape index (κ2) is 5.65. The van der Waals surface area contributed by atoms with Crippen LogP contribution in [-0.2, 0) is 6.42 Å². The number of hydrogen-bond donors (Lipinski definition) is 1. The van der Waals surface area contributed by atoms with Crippen molar-refractivity contribution in [2.75, 3.05) is 19.6 Å². The molecule has 0 bridgehead atoms. The summed E-state index contributed by atoms with van der Waals surface area (Å²) in [4.78, 5) is 10.6. The maximum absolute atomic E-state index is 5.93. The van der Waals surface area contributed by atoms with E-state index in [2.05, 4.69) is 20.0 Å². The molecule has 0 radical (unpaired) electrons. The summed E-state index contributed by atoms with van der Waals surface area (Å²) >= 11 is 0. The van der Waals surface area contributed by atoms with Crippen LogP contribution in [0.1, 0.15) is 31.0 Å². The number of hydrogen-bond acceptors (Lipinski definition) is 4. The van der Waals surface area contributed by atoms with Gasteiger partial charge in [-0.2, -0.15) is 4.98 Å². The first kappa shape index (κ1) is 11.9. The van der Waals surface area contributed by atoms with Gasteiger partial charge in [0.2, 0.25) is 5.89 Å². The van der Waals surface area contributed by atoms with Crippen LogP contribution in [0.25, 0.3) is 0 Å². The topological polar surface area (TPSA) is 80.5 Å². The lowest BCUT2D eigenvalue weighted by molar-refractivity contribution is 0.337. The molecule has 1 saturated heterocycles. The van der Waals surface area contributed by atoms with Crippen molar-refractivity contribution in [1.29, 1.82) is 0 Å². The van der Waals surface area contributed by atoms with Crippen molar-refractivity contribution < 1.29 is 4.52 Å². The van der Waals surface area contributed by atoms with Crippen molar-refractivity contribution in [3.63, 3.8) is 0 Å². The van der Waals surface area contributed by atoms with Gasteiger partial charge in [0.1, 0.15) is 0 Å². The summed E-state index contributed by atoms with van der Waals surface area (Å²) < 4.78 is 5.01. The zero-order valence-corrected chi connectivity index (χ0v) is 10.2. The van der Waals surface area contributed by atoms with Gasteiger partial charge in [-0.1, -0.05) is 5.16 Å². The van der Waals surface area contributed by atoms with Gasteiger partial charge in [-0.05, 0) is 26.2 Å². The summed E-state index contributed by atoms with van der Waals surface area (Å²) in [5.74, 6) is 1.92. The minimum absolute atomic E-state index is 0.601. The molecule has 94 valence electrons. The predicted molar refractivity (Wildman–Crippen MR) is 64.7 cm³/mol. The van der Waals surface area contributed by atoms with Crippen LogP contribution in [0.5, 0.6) is 0 Å². The maximum Gasteiger partial charge on any atom is 0.228 e. The summed E-state index contributed by atoms with van der Waals surface area (Å²) in [6.07, 6.45) is 4.36. The molecular weight excluding hydrogens is 218 g/mol. The lowest BCUT2D eigenvalue weighted by atomic mass is 10.1. The van der Waals surface area contributed by atoms with E-state index in [0.29, 0.717) is 30.6 Å². The second-order valence-electron chi connectivity index (χ2n) is 4.27. The van der Waals surface area contributed by atoms with Crippen LogP contribution in [0, 0.1) is 6.92 Å². The van der Waals surface area contributed by atoms with E-state index in [1.807, 2.05) is 0 Å². The number of aliphatic imine (C=N–C) groups is 1. The molecule has 1 aliphatic heterocycles. The molecule has 1 fully saturated rings.